The van der Waals surface area contributed by atoms with Crippen LogP contribution in [-0.4, -0.2) is 13.1 Å². The molecule has 0 aliphatic carbocycles. The van der Waals surface area contributed by atoms with E-state index in [0.717, 1.165) is 13.0 Å². The zero-order valence-corrected chi connectivity index (χ0v) is 9.99. The van der Waals surface area contributed by atoms with Gasteiger partial charge in [-0.25, -0.2) is 0 Å². The Balaban J connectivity index is 2.78. The van der Waals surface area contributed by atoms with Crippen LogP contribution in [0.5, 0.6) is 0 Å². The topological polar surface area (TPSA) is 12.0 Å². The number of unbranched alkanes of at least 4 members (excludes halogenated alkanes) is 7. The second-order valence-corrected chi connectivity index (χ2v) is 4.08. The summed E-state index contributed by atoms with van der Waals surface area (Å²) in [6.45, 7) is 8.34. The number of nitrogens with one attached hydrogen (secondary N) is 1. The molecule has 0 spiro atoms. The maximum atomic E-state index is 3.80. The SMILES string of the molecule is [CH2]CCNCCCCCCCCCC. The van der Waals surface area contributed by atoms with Gasteiger partial charge in [0.25, 0.3) is 0 Å². The minimum absolute atomic E-state index is 1.01. The van der Waals surface area contributed by atoms with E-state index in [0.29, 0.717) is 0 Å². The quantitative estimate of drug-likeness (QED) is 0.496. The van der Waals surface area contributed by atoms with E-state index in [1.54, 1.807) is 0 Å². The third kappa shape index (κ3) is 12.0. The first-order chi connectivity index (χ1) is 6.91. The summed E-state index contributed by atoms with van der Waals surface area (Å²) in [4.78, 5) is 0. The van der Waals surface area contributed by atoms with Gasteiger partial charge in [0.2, 0.25) is 0 Å². The largest absolute Gasteiger partial charge is 0.317 e. The molecule has 85 valence electrons. The number of hydrogen-bond donors (Lipinski definition) is 1. The Morgan fingerprint density at radius 3 is 1.93 bits per heavy atom. The summed E-state index contributed by atoms with van der Waals surface area (Å²) >= 11 is 0. The molecule has 0 aromatic carbocycles. The van der Waals surface area contributed by atoms with Crippen molar-refractivity contribution < 1.29 is 0 Å². The molecule has 1 heteroatoms. The average molecular weight is 198 g/mol. The maximum absolute atomic E-state index is 3.80. The number of rotatable bonds is 11. The first kappa shape index (κ1) is 14.0. The van der Waals surface area contributed by atoms with Crippen LogP contribution in [0.15, 0.2) is 0 Å². The molecule has 0 heterocycles. The fourth-order valence-electron chi connectivity index (χ4n) is 1.63. The third-order valence-corrected chi connectivity index (χ3v) is 2.56. The standard InChI is InChI=1S/C13H28N/c1-3-5-6-7-8-9-10-11-13-14-12-4-2/h14H,2-13H2,1H3. The van der Waals surface area contributed by atoms with Crippen LogP contribution >= 0.6 is 0 Å². The minimum Gasteiger partial charge on any atom is -0.317 e. The van der Waals surface area contributed by atoms with Gasteiger partial charge in [0.15, 0.2) is 0 Å². The molecule has 0 amide bonds. The summed E-state index contributed by atoms with van der Waals surface area (Å²) in [6, 6.07) is 0. The first-order valence-corrected chi connectivity index (χ1v) is 6.41. The van der Waals surface area contributed by atoms with Crippen LogP contribution in [0.25, 0.3) is 0 Å². The molecular weight excluding hydrogens is 170 g/mol. The lowest BCUT2D eigenvalue weighted by atomic mass is 10.1. The summed E-state index contributed by atoms with van der Waals surface area (Å²) in [7, 11) is 0. The van der Waals surface area contributed by atoms with Gasteiger partial charge >= 0.3 is 0 Å². The molecule has 0 aromatic heterocycles. The maximum Gasteiger partial charge on any atom is -0.00489 e. The van der Waals surface area contributed by atoms with Crippen molar-refractivity contribution in [3.05, 3.63) is 6.92 Å². The zero-order chi connectivity index (χ0) is 10.5. The lowest BCUT2D eigenvalue weighted by Gasteiger charge is -2.03. The van der Waals surface area contributed by atoms with E-state index in [2.05, 4.69) is 19.2 Å². The lowest BCUT2D eigenvalue weighted by Crippen LogP contribution is -2.15. The van der Waals surface area contributed by atoms with E-state index in [1.165, 1.54) is 57.9 Å². The smallest absolute Gasteiger partial charge is 0.00489 e. The van der Waals surface area contributed by atoms with Crippen molar-refractivity contribution in [1.29, 1.82) is 0 Å². The summed E-state index contributed by atoms with van der Waals surface area (Å²) in [5, 5.41) is 3.38. The van der Waals surface area contributed by atoms with Gasteiger partial charge in [-0.2, -0.15) is 0 Å². The predicted molar refractivity (Wildman–Crippen MR) is 65.5 cm³/mol. The molecule has 0 atom stereocenters. The van der Waals surface area contributed by atoms with E-state index >= 15 is 0 Å². The van der Waals surface area contributed by atoms with Crippen LogP contribution in [0.3, 0.4) is 0 Å². The molecule has 0 aliphatic heterocycles. The van der Waals surface area contributed by atoms with Gasteiger partial charge in [0.05, 0.1) is 0 Å². The lowest BCUT2D eigenvalue weighted by molar-refractivity contribution is 0.556. The van der Waals surface area contributed by atoms with Crippen molar-refractivity contribution in [2.45, 2.75) is 64.7 Å². The summed E-state index contributed by atoms with van der Waals surface area (Å²) < 4.78 is 0. The van der Waals surface area contributed by atoms with Gasteiger partial charge in [-0.15, -0.1) is 0 Å². The zero-order valence-electron chi connectivity index (χ0n) is 9.99. The van der Waals surface area contributed by atoms with Crippen molar-refractivity contribution in [3.63, 3.8) is 0 Å². The molecule has 1 N–H and O–H groups in total. The van der Waals surface area contributed by atoms with E-state index < -0.39 is 0 Å². The van der Waals surface area contributed by atoms with Crippen LogP contribution in [0.1, 0.15) is 64.7 Å². The van der Waals surface area contributed by atoms with Gasteiger partial charge in [-0.3, -0.25) is 0 Å². The Morgan fingerprint density at radius 1 is 0.786 bits per heavy atom. The fourth-order valence-corrected chi connectivity index (χ4v) is 1.63. The Labute approximate surface area is 90.7 Å². The van der Waals surface area contributed by atoms with Crippen LogP contribution < -0.4 is 5.32 Å². The molecule has 0 aliphatic rings. The summed E-state index contributed by atoms with van der Waals surface area (Å²) in [5.41, 5.74) is 0. The molecule has 0 aromatic rings. The predicted octanol–water partition coefficient (Wildman–Crippen LogP) is 3.94. The molecule has 0 unspecified atom stereocenters. The molecule has 0 saturated heterocycles. The molecule has 1 radical (unpaired) electrons. The van der Waals surface area contributed by atoms with Gasteiger partial charge in [0, 0.05) is 0 Å². The highest BCUT2D eigenvalue weighted by Gasteiger charge is 1.90. The Bertz CT molecular complexity index is 79.2. The molecule has 14 heavy (non-hydrogen) atoms. The van der Waals surface area contributed by atoms with Crippen LogP contribution in [0.2, 0.25) is 0 Å². The Hall–Kier alpha value is -0.0400. The van der Waals surface area contributed by atoms with E-state index in [9.17, 15) is 0 Å². The highest BCUT2D eigenvalue weighted by molar-refractivity contribution is 4.50. The molecular formula is C13H28N. The van der Waals surface area contributed by atoms with Crippen molar-refractivity contribution in [2.24, 2.45) is 0 Å². The van der Waals surface area contributed by atoms with Crippen LogP contribution in [0, 0.1) is 6.92 Å². The average Bonchev–Trinajstić information content (AvgIpc) is 2.21. The summed E-state index contributed by atoms with van der Waals surface area (Å²) in [6.07, 6.45) is 12.3. The van der Waals surface area contributed by atoms with Gasteiger partial charge < -0.3 is 5.32 Å². The van der Waals surface area contributed by atoms with Gasteiger partial charge in [0.1, 0.15) is 0 Å². The fraction of sp³-hybridized carbons (Fsp3) is 0.923. The minimum atomic E-state index is 1.01. The van der Waals surface area contributed by atoms with Crippen LogP contribution in [0.4, 0.5) is 0 Å². The van der Waals surface area contributed by atoms with Crippen molar-refractivity contribution >= 4 is 0 Å². The second-order valence-electron chi connectivity index (χ2n) is 4.08. The first-order valence-electron chi connectivity index (χ1n) is 6.41. The molecule has 0 saturated carbocycles. The monoisotopic (exact) mass is 198 g/mol. The second kappa shape index (κ2) is 13.0. The molecule has 0 fully saturated rings. The normalized spacial score (nSPS) is 10.7. The summed E-state index contributed by atoms with van der Waals surface area (Å²) in [5.74, 6) is 0. The van der Waals surface area contributed by atoms with Crippen molar-refractivity contribution in [3.8, 4) is 0 Å². The van der Waals surface area contributed by atoms with Gasteiger partial charge in [-0.05, 0) is 25.9 Å². The molecule has 1 nitrogen and oxygen atoms in total. The van der Waals surface area contributed by atoms with Gasteiger partial charge in [-0.1, -0.05) is 58.8 Å². The highest BCUT2D eigenvalue weighted by atomic mass is 14.8. The highest BCUT2D eigenvalue weighted by Crippen LogP contribution is 2.07. The van der Waals surface area contributed by atoms with Crippen molar-refractivity contribution in [1.82, 2.24) is 5.32 Å². The molecule has 0 bridgehead atoms. The Kier molecular flexibility index (Phi) is 12.9. The third-order valence-electron chi connectivity index (χ3n) is 2.56. The van der Waals surface area contributed by atoms with E-state index in [-0.39, 0.29) is 0 Å². The molecule has 0 rings (SSSR count). The number of hydrogen-bond acceptors (Lipinski definition) is 1. The Morgan fingerprint density at radius 2 is 1.36 bits per heavy atom. The van der Waals surface area contributed by atoms with E-state index in [1.807, 2.05) is 0 Å². The van der Waals surface area contributed by atoms with E-state index in [4.69, 9.17) is 0 Å². The van der Waals surface area contributed by atoms with Crippen molar-refractivity contribution in [2.75, 3.05) is 13.1 Å². The van der Waals surface area contributed by atoms with Crippen LogP contribution in [-0.2, 0) is 0 Å².